The highest BCUT2D eigenvalue weighted by molar-refractivity contribution is 5.77. The summed E-state index contributed by atoms with van der Waals surface area (Å²) in [6.45, 7) is 2.65. The lowest BCUT2D eigenvalue weighted by Gasteiger charge is -2.21. The van der Waals surface area contributed by atoms with E-state index in [2.05, 4.69) is 15.2 Å². The van der Waals surface area contributed by atoms with Gasteiger partial charge >= 0.3 is 0 Å². The van der Waals surface area contributed by atoms with Gasteiger partial charge in [-0.25, -0.2) is 4.98 Å². The molecule has 0 bridgehead atoms. The zero-order chi connectivity index (χ0) is 17.3. The van der Waals surface area contributed by atoms with Crippen LogP contribution in [-0.4, -0.2) is 30.6 Å². The van der Waals surface area contributed by atoms with Gasteiger partial charge in [0.25, 0.3) is 5.91 Å². The van der Waals surface area contributed by atoms with Gasteiger partial charge in [-0.3, -0.25) is 4.79 Å². The van der Waals surface area contributed by atoms with Gasteiger partial charge < -0.3 is 15.0 Å². The number of aromatic nitrogens is 1. The zero-order valence-electron chi connectivity index (χ0n) is 14.5. The molecule has 0 radical (unpaired) electrons. The van der Waals surface area contributed by atoms with E-state index in [9.17, 15) is 4.79 Å². The molecule has 0 atom stereocenters. The van der Waals surface area contributed by atoms with Crippen LogP contribution in [0.2, 0.25) is 0 Å². The molecule has 0 saturated carbocycles. The lowest BCUT2D eigenvalue weighted by atomic mass is 10.2. The highest BCUT2D eigenvalue weighted by atomic mass is 16.5. The van der Waals surface area contributed by atoms with Crippen LogP contribution in [0.4, 0.5) is 5.82 Å². The van der Waals surface area contributed by atoms with E-state index in [1.54, 1.807) is 0 Å². The van der Waals surface area contributed by atoms with Gasteiger partial charge in [0.05, 0.1) is 0 Å². The highest BCUT2D eigenvalue weighted by Crippen LogP contribution is 2.17. The van der Waals surface area contributed by atoms with Gasteiger partial charge in [0, 0.05) is 25.8 Å². The number of benzene rings is 1. The van der Waals surface area contributed by atoms with E-state index in [0.29, 0.717) is 12.3 Å². The number of pyridine rings is 1. The van der Waals surface area contributed by atoms with Gasteiger partial charge in [0.1, 0.15) is 11.6 Å². The van der Waals surface area contributed by atoms with Crippen molar-refractivity contribution < 1.29 is 9.53 Å². The molecular formula is C20H25N3O2. The van der Waals surface area contributed by atoms with E-state index < -0.39 is 0 Å². The Morgan fingerprint density at radius 1 is 1.04 bits per heavy atom. The second-order valence-corrected chi connectivity index (χ2v) is 6.30. The van der Waals surface area contributed by atoms with E-state index in [0.717, 1.165) is 24.5 Å². The molecule has 132 valence electrons. The topological polar surface area (TPSA) is 54.5 Å². The standard InChI is InChI=1S/C20H25N3O2/c24-20(16-25-18-8-4-3-5-9-18)22-15-17-10-11-19(21-14-17)23-12-6-1-2-7-13-23/h3-5,8-11,14H,1-2,6-7,12-13,15-16H2,(H,22,24). The fourth-order valence-corrected chi connectivity index (χ4v) is 2.93. The van der Waals surface area contributed by atoms with E-state index in [1.165, 1.54) is 25.7 Å². The van der Waals surface area contributed by atoms with Crippen LogP contribution in [0.25, 0.3) is 0 Å². The molecule has 1 aliphatic rings. The van der Waals surface area contributed by atoms with Gasteiger partial charge in [-0.05, 0) is 36.6 Å². The molecular weight excluding hydrogens is 314 g/mol. The maximum absolute atomic E-state index is 11.9. The van der Waals surface area contributed by atoms with Crippen molar-refractivity contribution in [3.63, 3.8) is 0 Å². The first-order chi connectivity index (χ1) is 12.3. The largest absolute Gasteiger partial charge is 0.484 e. The van der Waals surface area contributed by atoms with Crippen molar-refractivity contribution in [2.75, 3.05) is 24.6 Å². The maximum atomic E-state index is 11.9. The van der Waals surface area contributed by atoms with E-state index in [-0.39, 0.29) is 12.5 Å². The summed E-state index contributed by atoms with van der Waals surface area (Å²) in [5.74, 6) is 1.59. The van der Waals surface area contributed by atoms with Gasteiger partial charge in [-0.2, -0.15) is 0 Å². The molecule has 1 fully saturated rings. The van der Waals surface area contributed by atoms with Crippen molar-refractivity contribution in [3.8, 4) is 5.75 Å². The Balaban J connectivity index is 1.44. The molecule has 0 spiro atoms. The first kappa shape index (κ1) is 17.3. The van der Waals surface area contributed by atoms with Crippen molar-refractivity contribution in [3.05, 3.63) is 54.2 Å². The van der Waals surface area contributed by atoms with E-state index in [4.69, 9.17) is 4.74 Å². The number of carbonyl (C=O) groups is 1. The quantitative estimate of drug-likeness (QED) is 0.878. The number of anilines is 1. The fraction of sp³-hybridized carbons (Fsp3) is 0.400. The Morgan fingerprint density at radius 3 is 2.48 bits per heavy atom. The monoisotopic (exact) mass is 339 g/mol. The zero-order valence-corrected chi connectivity index (χ0v) is 14.5. The summed E-state index contributed by atoms with van der Waals surface area (Å²) < 4.78 is 5.43. The number of para-hydroxylation sites is 1. The lowest BCUT2D eigenvalue weighted by molar-refractivity contribution is -0.123. The third-order valence-electron chi connectivity index (χ3n) is 4.34. The Hall–Kier alpha value is -2.56. The normalized spacial score (nSPS) is 14.6. The molecule has 5 nitrogen and oxygen atoms in total. The molecule has 25 heavy (non-hydrogen) atoms. The van der Waals surface area contributed by atoms with Gasteiger partial charge in [-0.15, -0.1) is 0 Å². The van der Waals surface area contributed by atoms with Crippen LogP contribution in [0, 0.1) is 0 Å². The molecule has 0 aliphatic carbocycles. The number of amides is 1. The van der Waals surface area contributed by atoms with Crippen LogP contribution in [0.5, 0.6) is 5.75 Å². The Labute approximate surface area is 149 Å². The average Bonchev–Trinajstić information content (AvgIpc) is 2.95. The minimum atomic E-state index is -0.138. The summed E-state index contributed by atoms with van der Waals surface area (Å²) in [4.78, 5) is 18.8. The molecule has 1 aromatic carbocycles. The van der Waals surface area contributed by atoms with Crippen molar-refractivity contribution in [1.82, 2.24) is 10.3 Å². The minimum Gasteiger partial charge on any atom is -0.484 e. The van der Waals surface area contributed by atoms with Crippen LogP contribution in [-0.2, 0) is 11.3 Å². The number of hydrogen-bond acceptors (Lipinski definition) is 4. The molecule has 5 heteroatoms. The van der Waals surface area contributed by atoms with E-state index >= 15 is 0 Å². The summed E-state index contributed by atoms with van der Waals surface area (Å²) in [5, 5.41) is 2.86. The van der Waals surface area contributed by atoms with Crippen molar-refractivity contribution in [2.24, 2.45) is 0 Å². The second-order valence-electron chi connectivity index (χ2n) is 6.30. The molecule has 1 amide bonds. The van der Waals surface area contributed by atoms with Gasteiger partial charge in [0.15, 0.2) is 6.61 Å². The van der Waals surface area contributed by atoms with Crippen LogP contribution in [0.1, 0.15) is 31.2 Å². The molecule has 1 aliphatic heterocycles. The minimum absolute atomic E-state index is 0.0172. The lowest BCUT2D eigenvalue weighted by Crippen LogP contribution is -2.28. The number of nitrogens with zero attached hydrogens (tertiary/aromatic N) is 2. The van der Waals surface area contributed by atoms with Crippen molar-refractivity contribution >= 4 is 11.7 Å². The Kier molecular flexibility index (Phi) is 6.26. The molecule has 2 aromatic rings. The summed E-state index contributed by atoms with van der Waals surface area (Å²) in [6.07, 6.45) is 6.94. The molecule has 3 rings (SSSR count). The van der Waals surface area contributed by atoms with Gasteiger partial charge in [0.2, 0.25) is 0 Å². The van der Waals surface area contributed by atoms with Crippen LogP contribution >= 0.6 is 0 Å². The van der Waals surface area contributed by atoms with Crippen LogP contribution in [0.15, 0.2) is 48.7 Å². The highest BCUT2D eigenvalue weighted by Gasteiger charge is 2.11. The molecule has 2 heterocycles. The van der Waals surface area contributed by atoms with Crippen LogP contribution in [0.3, 0.4) is 0 Å². The molecule has 0 unspecified atom stereocenters. The third-order valence-corrected chi connectivity index (χ3v) is 4.34. The van der Waals surface area contributed by atoms with Crippen LogP contribution < -0.4 is 15.0 Å². The summed E-state index contributed by atoms with van der Waals surface area (Å²) in [6, 6.07) is 13.4. The number of ether oxygens (including phenoxy) is 1. The molecule has 1 saturated heterocycles. The third kappa shape index (κ3) is 5.48. The number of nitrogens with one attached hydrogen (secondary N) is 1. The number of hydrogen-bond donors (Lipinski definition) is 1. The smallest absolute Gasteiger partial charge is 0.258 e. The summed E-state index contributed by atoms with van der Waals surface area (Å²) in [5.41, 5.74) is 0.992. The Morgan fingerprint density at radius 2 is 1.80 bits per heavy atom. The van der Waals surface area contributed by atoms with Crippen molar-refractivity contribution in [2.45, 2.75) is 32.2 Å². The molecule has 1 N–H and O–H groups in total. The van der Waals surface area contributed by atoms with E-state index in [1.807, 2.05) is 48.7 Å². The summed E-state index contributed by atoms with van der Waals surface area (Å²) in [7, 11) is 0. The first-order valence-electron chi connectivity index (χ1n) is 8.96. The second kappa shape index (κ2) is 9.06. The fourth-order valence-electron chi connectivity index (χ4n) is 2.93. The SMILES string of the molecule is O=C(COc1ccccc1)NCc1ccc(N2CCCCCC2)nc1. The Bertz CT molecular complexity index is 650. The van der Waals surface area contributed by atoms with Gasteiger partial charge in [-0.1, -0.05) is 37.1 Å². The predicted molar refractivity (Wildman–Crippen MR) is 98.7 cm³/mol. The average molecular weight is 339 g/mol. The predicted octanol–water partition coefficient (Wildman–Crippen LogP) is 3.16. The number of carbonyl (C=O) groups excluding carboxylic acids is 1. The number of rotatable bonds is 6. The summed E-state index contributed by atoms with van der Waals surface area (Å²) >= 11 is 0. The molecule has 1 aromatic heterocycles. The van der Waals surface area contributed by atoms with Crippen molar-refractivity contribution in [1.29, 1.82) is 0 Å². The maximum Gasteiger partial charge on any atom is 0.258 e. The first-order valence-corrected chi connectivity index (χ1v) is 8.96.